The van der Waals surface area contributed by atoms with Crippen LogP contribution in [0.15, 0.2) is 12.7 Å². The fraction of sp³-hybridized carbons (Fsp3) is 0.875. The van der Waals surface area contributed by atoms with Crippen molar-refractivity contribution >= 4 is 5.97 Å². The van der Waals surface area contributed by atoms with Gasteiger partial charge in [0.25, 0.3) is 0 Å². The van der Waals surface area contributed by atoms with Gasteiger partial charge in [-0.25, -0.2) is 4.79 Å². The molecule has 0 spiro atoms. The molecule has 0 aliphatic rings. The van der Waals surface area contributed by atoms with Gasteiger partial charge < -0.3 is 4.74 Å². The second kappa shape index (κ2) is 17.3. The van der Waals surface area contributed by atoms with Crippen molar-refractivity contribution < 1.29 is 14.0 Å². The Kier molecular flexibility index (Phi) is 16.7. The third kappa shape index (κ3) is 17.0. The van der Waals surface area contributed by atoms with Gasteiger partial charge in [-0.3, -0.25) is 4.48 Å². The summed E-state index contributed by atoms with van der Waals surface area (Å²) >= 11 is 0. The maximum atomic E-state index is 11.5. The Hall–Kier alpha value is -0.830. The first kappa shape index (κ1) is 26.2. The van der Waals surface area contributed by atoms with Crippen LogP contribution >= 0.6 is 0 Å². The number of nitrogens with zero attached hydrogens (tertiary/aromatic N) is 1. The van der Waals surface area contributed by atoms with Crippen LogP contribution in [-0.4, -0.2) is 37.8 Å². The van der Waals surface area contributed by atoms with Gasteiger partial charge in [0.2, 0.25) is 6.23 Å². The SMILES string of the molecule is C=CC(=O)OC(CCCCCCCCCCCCCCCCC)[N+](C)(C)C. The zero-order chi connectivity index (χ0) is 20.4. The van der Waals surface area contributed by atoms with Crippen molar-refractivity contribution in [1.82, 2.24) is 0 Å². The van der Waals surface area contributed by atoms with Gasteiger partial charge in [0, 0.05) is 12.5 Å². The van der Waals surface area contributed by atoms with E-state index in [-0.39, 0.29) is 12.2 Å². The van der Waals surface area contributed by atoms with Crippen molar-refractivity contribution in [2.45, 2.75) is 116 Å². The van der Waals surface area contributed by atoms with Crippen LogP contribution in [0.2, 0.25) is 0 Å². The van der Waals surface area contributed by atoms with Crippen LogP contribution in [0.4, 0.5) is 0 Å². The Balaban J connectivity index is 3.47. The first-order chi connectivity index (χ1) is 12.9. The zero-order valence-electron chi connectivity index (χ0n) is 18.9. The maximum Gasteiger partial charge on any atom is 0.334 e. The molecule has 160 valence electrons. The van der Waals surface area contributed by atoms with Crippen LogP contribution in [0.5, 0.6) is 0 Å². The van der Waals surface area contributed by atoms with E-state index in [0.717, 1.165) is 12.8 Å². The molecule has 3 heteroatoms. The lowest BCUT2D eigenvalue weighted by Gasteiger charge is -2.32. The molecule has 0 aromatic rings. The average molecular weight is 383 g/mol. The molecule has 0 heterocycles. The molecule has 1 unspecified atom stereocenters. The molecular formula is C24H48NO2+. The van der Waals surface area contributed by atoms with Crippen LogP contribution in [0.25, 0.3) is 0 Å². The molecule has 3 nitrogen and oxygen atoms in total. The first-order valence-electron chi connectivity index (χ1n) is 11.6. The number of esters is 1. The third-order valence-corrected chi connectivity index (χ3v) is 5.34. The number of carbonyl (C=O) groups excluding carboxylic acids is 1. The molecule has 0 amide bonds. The second-order valence-electron chi connectivity index (χ2n) is 8.95. The van der Waals surface area contributed by atoms with Crippen LogP contribution < -0.4 is 0 Å². The molecule has 0 aliphatic carbocycles. The standard InChI is InChI=1S/C24H48NO2/c1-6-8-9-10-11-12-13-14-15-16-17-18-19-20-21-22-23(25(3,4)5)27-24(26)7-2/h7,23H,2,6,8-22H2,1,3-5H3/q+1. The molecule has 0 aromatic heterocycles. The fourth-order valence-corrected chi connectivity index (χ4v) is 3.48. The minimum Gasteiger partial charge on any atom is -0.409 e. The molecule has 0 fully saturated rings. The Morgan fingerprint density at radius 1 is 0.778 bits per heavy atom. The number of unbranched alkanes of at least 4 members (excludes halogenated alkanes) is 14. The van der Waals surface area contributed by atoms with E-state index in [2.05, 4.69) is 34.6 Å². The van der Waals surface area contributed by atoms with E-state index in [4.69, 9.17) is 4.74 Å². The zero-order valence-corrected chi connectivity index (χ0v) is 18.9. The largest absolute Gasteiger partial charge is 0.409 e. The minimum atomic E-state index is -0.311. The van der Waals surface area contributed by atoms with E-state index < -0.39 is 0 Å². The summed E-state index contributed by atoms with van der Waals surface area (Å²) in [4.78, 5) is 11.5. The van der Waals surface area contributed by atoms with Gasteiger partial charge in [-0.15, -0.1) is 0 Å². The lowest BCUT2D eigenvalue weighted by atomic mass is 10.0. The first-order valence-corrected chi connectivity index (χ1v) is 11.6. The van der Waals surface area contributed by atoms with Crippen molar-refractivity contribution in [3.05, 3.63) is 12.7 Å². The number of ether oxygens (including phenoxy) is 1. The van der Waals surface area contributed by atoms with E-state index in [1.807, 2.05) is 0 Å². The molecule has 1 atom stereocenters. The van der Waals surface area contributed by atoms with E-state index in [1.54, 1.807) is 0 Å². The minimum absolute atomic E-state index is 0.0718. The molecule has 27 heavy (non-hydrogen) atoms. The summed E-state index contributed by atoms with van der Waals surface area (Å²) in [7, 11) is 6.23. The molecule has 0 aromatic carbocycles. The lowest BCUT2D eigenvalue weighted by Crippen LogP contribution is -2.47. The summed E-state index contributed by atoms with van der Waals surface area (Å²) in [5, 5.41) is 0. The molecule has 0 saturated heterocycles. The van der Waals surface area contributed by atoms with Crippen LogP contribution in [0, 0.1) is 0 Å². The lowest BCUT2D eigenvalue weighted by molar-refractivity contribution is -0.917. The second-order valence-corrected chi connectivity index (χ2v) is 8.95. The Morgan fingerprint density at radius 2 is 1.15 bits per heavy atom. The number of carbonyl (C=O) groups is 1. The molecule has 0 rings (SSSR count). The van der Waals surface area contributed by atoms with Gasteiger partial charge in [0.1, 0.15) is 0 Å². The molecule has 0 radical (unpaired) electrons. The van der Waals surface area contributed by atoms with E-state index in [1.165, 1.54) is 96.0 Å². The van der Waals surface area contributed by atoms with Crippen LogP contribution in [0.1, 0.15) is 110 Å². The molecule has 0 aliphatic heterocycles. The van der Waals surface area contributed by atoms with Crippen LogP contribution in [-0.2, 0) is 9.53 Å². The van der Waals surface area contributed by atoms with Crippen molar-refractivity contribution in [3.8, 4) is 0 Å². The highest BCUT2D eigenvalue weighted by atomic mass is 16.6. The monoisotopic (exact) mass is 382 g/mol. The molecule has 0 bridgehead atoms. The van der Waals surface area contributed by atoms with Gasteiger partial charge in [0.05, 0.1) is 21.1 Å². The molecule has 0 N–H and O–H groups in total. The quantitative estimate of drug-likeness (QED) is 0.0789. The fourth-order valence-electron chi connectivity index (χ4n) is 3.48. The normalized spacial score (nSPS) is 12.7. The highest BCUT2D eigenvalue weighted by Crippen LogP contribution is 2.17. The predicted octanol–water partition coefficient (Wildman–Crippen LogP) is 7.01. The number of hydrogen-bond donors (Lipinski definition) is 0. The summed E-state index contributed by atoms with van der Waals surface area (Å²) in [5.74, 6) is -0.311. The highest BCUT2D eigenvalue weighted by molar-refractivity contribution is 5.81. The predicted molar refractivity (Wildman–Crippen MR) is 118 cm³/mol. The van der Waals surface area contributed by atoms with E-state index in [9.17, 15) is 4.79 Å². The van der Waals surface area contributed by atoms with Crippen molar-refractivity contribution in [2.75, 3.05) is 21.1 Å². The number of quaternary nitrogens is 1. The summed E-state index contributed by atoms with van der Waals surface area (Å²) < 4.78 is 6.15. The van der Waals surface area contributed by atoms with Gasteiger partial charge in [-0.1, -0.05) is 103 Å². The topological polar surface area (TPSA) is 26.3 Å². The van der Waals surface area contributed by atoms with Crippen molar-refractivity contribution in [2.24, 2.45) is 0 Å². The van der Waals surface area contributed by atoms with Crippen LogP contribution in [0.3, 0.4) is 0 Å². The summed E-state index contributed by atoms with van der Waals surface area (Å²) in [5.41, 5.74) is 0. The summed E-state index contributed by atoms with van der Waals surface area (Å²) in [6.07, 6.45) is 22.7. The Morgan fingerprint density at radius 3 is 1.48 bits per heavy atom. The Bertz CT molecular complexity index is 360. The summed E-state index contributed by atoms with van der Waals surface area (Å²) in [6.45, 7) is 5.77. The van der Waals surface area contributed by atoms with Gasteiger partial charge in [0.15, 0.2) is 0 Å². The van der Waals surface area contributed by atoms with Crippen molar-refractivity contribution in [1.29, 1.82) is 0 Å². The molecule has 0 saturated carbocycles. The highest BCUT2D eigenvalue weighted by Gasteiger charge is 2.26. The Labute approximate surface area is 170 Å². The maximum absolute atomic E-state index is 11.5. The van der Waals surface area contributed by atoms with Gasteiger partial charge in [-0.05, 0) is 6.42 Å². The van der Waals surface area contributed by atoms with E-state index in [0.29, 0.717) is 4.48 Å². The smallest absolute Gasteiger partial charge is 0.334 e. The van der Waals surface area contributed by atoms with Crippen molar-refractivity contribution in [3.63, 3.8) is 0 Å². The average Bonchev–Trinajstić information content (AvgIpc) is 2.62. The van der Waals surface area contributed by atoms with Gasteiger partial charge in [-0.2, -0.15) is 0 Å². The van der Waals surface area contributed by atoms with E-state index >= 15 is 0 Å². The summed E-state index contributed by atoms with van der Waals surface area (Å²) in [6, 6.07) is 0. The third-order valence-electron chi connectivity index (χ3n) is 5.34. The van der Waals surface area contributed by atoms with Gasteiger partial charge >= 0.3 is 5.97 Å². The number of rotatable bonds is 19. The molecular weight excluding hydrogens is 334 g/mol. The number of hydrogen-bond acceptors (Lipinski definition) is 2.